The maximum absolute atomic E-state index is 12.3. The minimum absolute atomic E-state index is 0.0827. The molecule has 2 rings (SSSR count). The molecule has 0 aromatic carbocycles. The van der Waals surface area contributed by atoms with Gasteiger partial charge >= 0.3 is 0 Å². The molecule has 110 valence electrons. The molecule has 0 aliphatic rings. The molecule has 2 heterocycles. The van der Waals surface area contributed by atoms with Crippen molar-refractivity contribution in [3.05, 3.63) is 29.2 Å². The van der Waals surface area contributed by atoms with E-state index in [-0.39, 0.29) is 17.6 Å². The first-order valence-corrected chi connectivity index (χ1v) is 7.98. The van der Waals surface area contributed by atoms with Gasteiger partial charge in [-0.3, -0.25) is 0 Å². The standard InChI is InChI=1S/C12H17N3O4S/c1-7(2)11-13-12(19-15-11)9(4)20(16,17)6-10-5-8(3)14-18-10/h5,7,9H,6H2,1-4H3. The van der Waals surface area contributed by atoms with E-state index >= 15 is 0 Å². The van der Waals surface area contributed by atoms with Crippen LogP contribution in [0.3, 0.4) is 0 Å². The minimum atomic E-state index is -3.50. The van der Waals surface area contributed by atoms with Crippen LogP contribution < -0.4 is 0 Å². The molecule has 0 spiro atoms. The predicted octanol–water partition coefficient (Wildman–Crippen LogP) is 2.17. The van der Waals surface area contributed by atoms with Crippen molar-refractivity contribution in [1.29, 1.82) is 0 Å². The van der Waals surface area contributed by atoms with E-state index in [1.54, 1.807) is 13.0 Å². The number of nitrogens with zero attached hydrogens (tertiary/aromatic N) is 3. The third-order valence-electron chi connectivity index (χ3n) is 2.88. The zero-order valence-electron chi connectivity index (χ0n) is 11.8. The van der Waals surface area contributed by atoms with Crippen LogP contribution in [0.2, 0.25) is 0 Å². The Balaban J connectivity index is 2.19. The van der Waals surface area contributed by atoms with E-state index in [2.05, 4.69) is 15.3 Å². The van der Waals surface area contributed by atoms with Gasteiger partial charge in [0, 0.05) is 12.0 Å². The molecule has 20 heavy (non-hydrogen) atoms. The van der Waals surface area contributed by atoms with Crippen molar-refractivity contribution in [2.45, 2.75) is 44.6 Å². The molecule has 1 unspecified atom stereocenters. The van der Waals surface area contributed by atoms with Crippen molar-refractivity contribution in [2.75, 3.05) is 0 Å². The highest BCUT2D eigenvalue weighted by atomic mass is 32.2. The van der Waals surface area contributed by atoms with Crippen LogP contribution in [0, 0.1) is 6.92 Å². The zero-order valence-corrected chi connectivity index (χ0v) is 12.6. The SMILES string of the molecule is Cc1cc(CS(=O)(=O)C(C)c2nc(C(C)C)no2)on1. The summed E-state index contributed by atoms with van der Waals surface area (Å²) in [5.41, 5.74) is 0.641. The van der Waals surface area contributed by atoms with Crippen LogP contribution in [0.4, 0.5) is 0 Å². The third kappa shape index (κ3) is 3.06. The van der Waals surface area contributed by atoms with Crippen molar-refractivity contribution in [2.24, 2.45) is 0 Å². The molecular formula is C12H17N3O4S. The predicted molar refractivity (Wildman–Crippen MR) is 70.7 cm³/mol. The molecule has 0 N–H and O–H groups in total. The Morgan fingerprint density at radius 1 is 1.20 bits per heavy atom. The highest BCUT2D eigenvalue weighted by Crippen LogP contribution is 2.25. The average molecular weight is 299 g/mol. The van der Waals surface area contributed by atoms with Crippen LogP contribution in [0.1, 0.15) is 55.1 Å². The number of aromatic nitrogens is 3. The summed E-state index contributed by atoms with van der Waals surface area (Å²) in [5, 5.41) is 6.56. The van der Waals surface area contributed by atoms with E-state index in [4.69, 9.17) is 9.05 Å². The summed E-state index contributed by atoms with van der Waals surface area (Å²) < 4.78 is 34.5. The summed E-state index contributed by atoms with van der Waals surface area (Å²) in [4.78, 5) is 4.12. The molecule has 0 saturated heterocycles. The van der Waals surface area contributed by atoms with E-state index in [0.717, 1.165) is 0 Å². The summed E-state index contributed by atoms with van der Waals surface area (Å²) in [6.45, 7) is 7.07. The van der Waals surface area contributed by atoms with E-state index in [9.17, 15) is 8.42 Å². The molecule has 7 nitrogen and oxygen atoms in total. The largest absolute Gasteiger partial charge is 0.360 e. The van der Waals surface area contributed by atoms with Crippen LogP contribution in [-0.4, -0.2) is 23.7 Å². The number of rotatable bonds is 5. The van der Waals surface area contributed by atoms with Gasteiger partial charge in [-0.15, -0.1) is 0 Å². The molecule has 2 aromatic heterocycles. The summed E-state index contributed by atoms with van der Waals surface area (Å²) in [6, 6.07) is 1.59. The summed E-state index contributed by atoms with van der Waals surface area (Å²) in [5.74, 6) is 0.744. The second kappa shape index (κ2) is 5.35. The highest BCUT2D eigenvalue weighted by molar-refractivity contribution is 7.90. The van der Waals surface area contributed by atoms with Gasteiger partial charge in [-0.05, 0) is 13.8 Å². The van der Waals surface area contributed by atoms with Crippen LogP contribution in [0.15, 0.2) is 15.1 Å². The lowest BCUT2D eigenvalue weighted by molar-refractivity contribution is 0.368. The second-order valence-electron chi connectivity index (χ2n) is 5.03. The van der Waals surface area contributed by atoms with E-state index in [1.165, 1.54) is 6.92 Å². The lowest BCUT2D eigenvalue weighted by Gasteiger charge is -2.06. The first kappa shape index (κ1) is 14.7. The molecule has 8 heteroatoms. The third-order valence-corrected chi connectivity index (χ3v) is 4.85. The van der Waals surface area contributed by atoms with Gasteiger partial charge in [-0.1, -0.05) is 24.2 Å². The van der Waals surface area contributed by atoms with Crippen molar-refractivity contribution in [3.63, 3.8) is 0 Å². The van der Waals surface area contributed by atoms with Crippen LogP contribution in [0.5, 0.6) is 0 Å². The van der Waals surface area contributed by atoms with Crippen LogP contribution >= 0.6 is 0 Å². The minimum Gasteiger partial charge on any atom is -0.360 e. The molecule has 0 fully saturated rings. The molecule has 1 atom stereocenters. The fraction of sp³-hybridized carbons (Fsp3) is 0.583. The number of aryl methyl sites for hydroxylation is 1. The lowest BCUT2D eigenvalue weighted by atomic mass is 10.2. The van der Waals surface area contributed by atoms with E-state index in [1.807, 2.05) is 13.8 Å². The summed E-state index contributed by atoms with van der Waals surface area (Å²) in [6.07, 6.45) is 0. The maximum Gasteiger partial charge on any atom is 0.244 e. The molecule has 0 aliphatic heterocycles. The second-order valence-corrected chi connectivity index (χ2v) is 7.35. The molecule has 0 bridgehead atoms. The van der Waals surface area contributed by atoms with Gasteiger partial charge < -0.3 is 9.05 Å². The van der Waals surface area contributed by atoms with Gasteiger partial charge in [0.2, 0.25) is 5.89 Å². The Labute approximate surface area is 117 Å². The Hall–Kier alpha value is -1.70. The van der Waals surface area contributed by atoms with Crippen molar-refractivity contribution < 1.29 is 17.5 Å². The Morgan fingerprint density at radius 3 is 2.40 bits per heavy atom. The highest BCUT2D eigenvalue weighted by Gasteiger charge is 2.30. The van der Waals surface area contributed by atoms with Gasteiger partial charge in [-0.25, -0.2) is 8.42 Å². The van der Waals surface area contributed by atoms with Gasteiger partial charge in [0.05, 0.1) is 5.69 Å². The zero-order chi connectivity index (χ0) is 14.9. The van der Waals surface area contributed by atoms with Gasteiger partial charge in [0.25, 0.3) is 0 Å². The maximum atomic E-state index is 12.3. The average Bonchev–Trinajstić information content (AvgIpc) is 2.97. The Kier molecular flexibility index (Phi) is 3.94. The molecular weight excluding hydrogens is 282 g/mol. The molecule has 0 saturated carbocycles. The number of sulfone groups is 1. The Morgan fingerprint density at radius 2 is 1.90 bits per heavy atom. The van der Waals surface area contributed by atoms with Crippen LogP contribution in [-0.2, 0) is 15.6 Å². The monoisotopic (exact) mass is 299 g/mol. The molecule has 2 aromatic rings. The first-order valence-electron chi connectivity index (χ1n) is 6.27. The summed E-state index contributed by atoms with van der Waals surface area (Å²) >= 11 is 0. The number of hydrogen-bond donors (Lipinski definition) is 0. The first-order chi connectivity index (χ1) is 9.29. The van der Waals surface area contributed by atoms with Gasteiger partial charge in [0.15, 0.2) is 21.4 Å². The topological polar surface area (TPSA) is 99.1 Å². The van der Waals surface area contributed by atoms with Crippen molar-refractivity contribution in [3.8, 4) is 0 Å². The summed E-state index contributed by atoms with van der Waals surface area (Å²) in [7, 11) is -3.50. The molecule has 0 amide bonds. The molecule has 0 aliphatic carbocycles. The normalized spacial score (nSPS) is 13.8. The van der Waals surface area contributed by atoms with Crippen LogP contribution in [0.25, 0.3) is 0 Å². The van der Waals surface area contributed by atoms with Crippen molar-refractivity contribution in [1.82, 2.24) is 15.3 Å². The lowest BCUT2D eigenvalue weighted by Crippen LogP contribution is -2.13. The fourth-order valence-corrected chi connectivity index (χ4v) is 2.79. The fourth-order valence-electron chi connectivity index (χ4n) is 1.61. The van der Waals surface area contributed by atoms with E-state index in [0.29, 0.717) is 17.3 Å². The quantitative estimate of drug-likeness (QED) is 0.834. The number of hydrogen-bond acceptors (Lipinski definition) is 7. The van der Waals surface area contributed by atoms with Crippen molar-refractivity contribution >= 4 is 9.84 Å². The Bertz CT molecular complexity index is 687. The van der Waals surface area contributed by atoms with Gasteiger partial charge in [-0.2, -0.15) is 4.98 Å². The van der Waals surface area contributed by atoms with Gasteiger partial charge in [0.1, 0.15) is 11.0 Å². The smallest absolute Gasteiger partial charge is 0.244 e. The molecule has 0 radical (unpaired) electrons. The van der Waals surface area contributed by atoms with E-state index < -0.39 is 15.1 Å².